The summed E-state index contributed by atoms with van der Waals surface area (Å²) in [5.74, 6) is -2.54. The van der Waals surface area contributed by atoms with Crippen LogP contribution in [0.1, 0.15) is 60.1 Å². The fourth-order valence-corrected chi connectivity index (χ4v) is 4.48. The number of hydrogen-bond acceptors (Lipinski definition) is 8. The van der Waals surface area contributed by atoms with Gasteiger partial charge in [0.1, 0.15) is 4.88 Å². The van der Waals surface area contributed by atoms with E-state index in [-0.39, 0.29) is 16.8 Å². The van der Waals surface area contributed by atoms with E-state index in [1.807, 2.05) is 6.07 Å². The average molecular weight is 445 g/mol. The van der Waals surface area contributed by atoms with E-state index in [0.29, 0.717) is 4.88 Å². The number of fused-ring (bicyclic) bond motifs is 1. The van der Waals surface area contributed by atoms with Crippen LogP contribution in [0.3, 0.4) is 0 Å². The zero-order valence-electron chi connectivity index (χ0n) is 17.3. The van der Waals surface area contributed by atoms with Gasteiger partial charge in [-0.05, 0) is 55.5 Å². The Kier molecular flexibility index (Phi) is 7.41. The van der Waals surface area contributed by atoms with Crippen molar-refractivity contribution < 1.29 is 33.4 Å². The summed E-state index contributed by atoms with van der Waals surface area (Å²) in [6.07, 6.45) is 5.31. The van der Waals surface area contributed by atoms with E-state index in [9.17, 15) is 19.2 Å². The van der Waals surface area contributed by atoms with Crippen LogP contribution in [0.4, 0.5) is 5.69 Å². The topological polar surface area (TPSA) is 108 Å². The quantitative estimate of drug-likeness (QED) is 0.412. The molecule has 0 fully saturated rings. The SMILES string of the molecule is COC(=O)c1ccc(C(=O)OC)c(NC(=O)COC(=O)c2cc3c(s2)CCCCC3)c1. The number of amides is 1. The number of ether oxygens (including phenoxy) is 3. The van der Waals surface area contributed by atoms with Gasteiger partial charge in [0.2, 0.25) is 0 Å². The van der Waals surface area contributed by atoms with Crippen LogP contribution in [-0.2, 0) is 31.8 Å². The molecule has 31 heavy (non-hydrogen) atoms. The smallest absolute Gasteiger partial charge is 0.348 e. The van der Waals surface area contributed by atoms with E-state index >= 15 is 0 Å². The highest BCUT2D eigenvalue weighted by molar-refractivity contribution is 7.14. The normalized spacial score (nSPS) is 12.8. The predicted octanol–water partition coefficient (Wildman–Crippen LogP) is 3.39. The fourth-order valence-electron chi connectivity index (χ4n) is 3.34. The van der Waals surface area contributed by atoms with Crippen molar-refractivity contribution in [1.29, 1.82) is 0 Å². The maximum atomic E-state index is 12.4. The number of methoxy groups -OCH3 is 2. The third-order valence-corrected chi connectivity index (χ3v) is 6.12. The van der Waals surface area contributed by atoms with Gasteiger partial charge in [-0.2, -0.15) is 0 Å². The molecule has 3 rings (SSSR count). The summed E-state index contributed by atoms with van der Waals surface area (Å²) in [7, 11) is 2.42. The molecule has 0 unspecified atom stereocenters. The van der Waals surface area contributed by atoms with Crippen LogP contribution in [0.15, 0.2) is 24.3 Å². The van der Waals surface area contributed by atoms with Crippen molar-refractivity contribution in [2.75, 3.05) is 26.1 Å². The number of nitrogens with one attached hydrogen (secondary N) is 1. The molecule has 1 amide bonds. The molecule has 1 aliphatic rings. The second-order valence-corrected chi connectivity index (χ2v) is 8.12. The maximum Gasteiger partial charge on any atom is 0.348 e. The molecule has 1 heterocycles. The fraction of sp³-hybridized carbons (Fsp3) is 0.364. The van der Waals surface area contributed by atoms with Gasteiger partial charge >= 0.3 is 17.9 Å². The van der Waals surface area contributed by atoms with Gasteiger partial charge in [0, 0.05) is 4.88 Å². The lowest BCUT2D eigenvalue weighted by atomic mass is 10.1. The van der Waals surface area contributed by atoms with Gasteiger partial charge in [0.15, 0.2) is 6.61 Å². The molecule has 9 heteroatoms. The van der Waals surface area contributed by atoms with Crippen molar-refractivity contribution in [1.82, 2.24) is 0 Å². The summed E-state index contributed by atoms with van der Waals surface area (Å²) in [5, 5.41) is 2.49. The van der Waals surface area contributed by atoms with Gasteiger partial charge in [-0.15, -0.1) is 11.3 Å². The van der Waals surface area contributed by atoms with Gasteiger partial charge in [-0.25, -0.2) is 14.4 Å². The summed E-state index contributed by atoms with van der Waals surface area (Å²) in [4.78, 5) is 50.1. The first-order valence-corrected chi connectivity index (χ1v) is 10.6. The van der Waals surface area contributed by atoms with Crippen LogP contribution >= 0.6 is 11.3 Å². The largest absolute Gasteiger partial charge is 0.465 e. The number of carbonyl (C=O) groups excluding carboxylic acids is 4. The van der Waals surface area contributed by atoms with E-state index in [4.69, 9.17) is 9.47 Å². The van der Waals surface area contributed by atoms with Crippen LogP contribution in [-0.4, -0.2) is 44.6 Å². The summed E-state index contributed by atoms with van der Waals surface area (Å²) >= 11 is 1.41. The third kappa shape index (κ3) is 5.49. The molecule has 0 spiro atoms. The van der Waals surface area contributed by atoms with Crippen molar-refractivity contribution in [2.45, 2.75) is 32.1 Å². The number of esters is 3. The number of carbonyl (C=O) groups is 4. The van der Waals surface area contributed by atoms with E-state index in [1.54, 1.807) is 0 Å². The van der Waals surface area contributed by atoms with Crippen LogP contribution in [0.25, 0.3) is 0 Å². The summed E-state index contributed by atoms with van der Waals surface area (Å²) in [6.45, 7) is -0.537. The second kappa shape index (κ2) is 10.2. The molecule has 0 aliphatic heterocycles. The van der Waals surface area contributed by atoms with Gasteiger partial charge in [0.25, 0.3) is 5.91 Å². The minimum Gasteiger partial charge on any atom is -0.465 e. The lowest BCUT2D eigenvalue weighted by Gasteiger charge is -2.11. The third-order valence-electron chi connectivity index (χ3n) is 4.90. The Morgan fingerprint density at radius 1 is 0.935 bits per heavy atom. The van der Waals surface area contributed by atoms with Crippen molar-refractivity contribution >= 4 is 40.8 Å². The zero-order valence-corrected chi connectivity index (χ0v) is 18.1. The molecular formula is C22H23NO7S. The molecule has 0 bridgehead atoms. The Hall–Kier alpha value is -3.20. The molecule has 0 saturated carbocycles. The number of benzene rings is 1. The Balaban J connectivity index is 1.66. The number of thiophene rings is 1. The molecule has 1 aromatic heterocycles. The standard InChI is InChI=1S/C22H23NO7S/c1-28-20(25)14-8-9-15(21(26)29-2)16(10-14)23-19(24)12-30-22(27)18-11-13-6-4-3-5-7-17(13)31-18/h8-11H,3-7,12H2,1-2H3,(H,23,24). The molecule has 1 aliphatic carbocycles. The minimum atomic E-state index is -0.691. The maximum absolute atomic E-state index is 12.4. The second-order valence-electron chi connectivity index (χ2n) is 6.99. The highest BCUT2D eigenvalue weighted by Crippen LogP contribution is 2.29. The van der Waals surface area contributed by atoms with Crippen LogP contribution < -0.4 is 5.32 Å². The number of hydrogen-bond donors (Lipinski definition) is 1. The predicted molar refractivity (Wildman–Crippen MR) is 114 cm³/mol. The van der Waals surface area contributed by atoms with Crippen LogP contribution in [0, 0.1) is 0 Å². The first-order chi connectivity index (χ1) is 14.9. The van der Waals surface area contributed by atoms with E-state index in [2.05, 4.69) is 10.1 Å². The molecule has 2 aromatic rings. The molecule has 8 nitrogen and oxygen atoms in total. The minimum absolute atomic E-state index is 0.0526. The van der Waals surface area contributed by atoms with Gasteiger partial charge < -0.3 is 19.5 Å². The monoisotopic (exact) mass is 445 g/mol. The van der Waals surface area contributed by atoms with E-state index in [1.165, 1.54) is 60.6 Å². The number of rotatable bonds is 6. The van der Waals surface area contributed by atoms with Crippen molar-refractivity contribution in [2.24, 2.45) is 0 Å². The lowest BCUT2D eigenvalue weighted by Crippen LogP contribution is -2.22. The summed E-state index contributed by atoms with van der Waals surface area (Å²) < 4.78 is 14.5. The van der Waals surface area contributed by atoms with Crippen molar-refractivity contribution in [3.05, 3.63) is 50.7 Å². The van der Waals surface area contributed by atoms with Crippen molar-refractivity contribution in [3.8, 4) is 0 Å². The molecule has 1 N–H and O–H groups in total. The summed E-state index contributed by atoms with van der Waals surface area (Å²) in [5.41, 5.74) is 1.43. The Morgan fingerprint density at radius 2 is 1.68 bits per heavy atom. The van der Waals surface area contributed by atoms with Gasteiger partial charge in [0.05, 0.1) is 31.0 Å². The highest BCUT2D eigenvalue weighted by Gasteiger charge is 2.20. The first-order valence-electron chi connectivity index (χ1n) is 9.82. The number of aryl methyl sites for hydroxylation is 2. The Labute approximate surface area is 183 Å². The molecule has 164 valence electrons. The van der Waals surface area contributed by atoms with Gasteiger partial charge in [-0.3, -0.25) is 4.79 Å². The van der Waals surface area contributed by atoms with E-state index < -0.39 is 30.4 Å². The molecule has 0 atom stereocenters. The molecule has 1 aromatic carbocycles. The lowest BCUT2D eigenvalue weighted by molar-refractivity contribution is -0.119. The highest BCUT2D eigenvalue weighted by atomic mass is 32.1. The van der Waals surface area contributed by atoms with E-state index in [0.717, 1.165) is 25.7 Å². The molecule has 0 saturated heterocycles. The first kappa shape index (κ1) is 22.5. The van der Waals surface area contributed by atoms with Gasteiger partial charge in [-0.1, -0.05) is 6.42 Å². The van der Waals surface area contributed by atoms with Crippen molar-refractivity contribution in [3.63, 3.8) is 0 Å². The Bertz CT molecular complexity index is 988. The summed E-state index contributed by atoms with van der Waals surface area (Å²) in [6, 6.07) is 5.88. The Morgan fingerprint density at radius 3 is 2.42 bits per heavy atom. The van der Waals surface area contributed by atoms with Crippen LogP contribution in [0.5, 0.6) is 0 Å². The van der Waals surface area contributed by atoms with Crippen LogP contribution in [0.2, 0.25) is 0 Å². The number of anilines is 1. The zero-order chi connectivity index (χ0) is 22.4. The molecule has 0 radical (unpaired) electrons. The average Bonchev–Trinajstić information content (AvgIpc) is 3.06. The molecular weight excluding hydrogens is 422 g/mol.